The third kappa shape index (κ3) is 3.56. The molecular weight excluding hydrogens is 264 g/mol. The van der Waals surface area contributed by atoms with Crippen molar-refractivity contribution in [3.63, 3.8) is 0 Å². The van der Waals surface area contributed by atoms with E-state index < -0.39 is 6.04 Å². The van der Waals surface area contributed by atoms with Crippen molar-refractivity contribution in [3.05, 3.63) is 28.8 Å². The van der Waals surface area contributed by atoms with Crippen LogP contribution >= 0.6 is 0 Å². The summed E-state index contributed by atoms with van der Waals surface area (Å²) in [5, 5.41) is 0. The number of nitrogens with two attached hydrogens (primary N) is 1. The standard InChI is InChI=1S/C17H26N2O2/c1-12-13(2)16(19-9-5-4-6-10-19)8-7-14(12)11-15(18)17(20)21-3/h7-8,15H,4-6,9-11,18H2,1-3H3. The summed E-state index contributed by atoms with van der Waals surface area (Å²) in [5.41, 5.74) is 10.9. The van der Waals surface area contributed by atoms with Crippen molar-refractivity contribution < 1.29 is 9.53 Å². The number of piperidine rings is 1. The first-order valence-electron chi connectivity index (χ1n) is 7.72. The maximum Gasteiger partial charge on any atom is 0.322 e. The van der Waals surface area contributed by atoms with Crippen LogP contribution in [0.3, 0.4) is 0 Å². The van der Waals surface area contributed by atoms with E-state index in [4.69, 9.17) is 10.5 Å². The first kappa shape index (κ1) is 15.8. The Morgan fingerprint density at radius 3 is 2.52 bits per heavy atom. The van der Waals surface area contributed by atoms with Gasteiger partial charge in [0, 0.05) is 18.8 Å². The molecule has 0 bridgehead atoms. The zero-order chi connectivity index (χ0) is 15.4. The van der Waals surface area contributed by atoms with E-state index in [2.05, 4.69) is 30.9 Å². The second-order valence-electron chi connectivity index (χ2n) is 5.88. The fraction of sp³-hybridized carbons (Fsp3) is 0.588. The Morgan fingerprint density at radius 1 is 1.24 bits per heavy atom. The van der Waals surface area contributed by atoms with Crippen molar-refractivity contribution in [1.82, 2.24) is 0 Å². The van der Waals surface area contributed by atoms with Crippen LogP contribution in [0.1, 0.15) is 36.0 Å². The number of ether oxygens (including phenoxy) is 1. The van der Waals surface area contributed by atoms with E-state index in [9.17, 15) is 4.79 Å². The number of carbonyl (C=O) groups excluding carboxylic acids is 1. The van der Waals surface area contributed by atoms with Gasteiger partial charge in [0.25, 0.3) is 0 Å². The Labute approximate surface area is 127 Å². The summed E-state index contributed by atoms with van der Waals surface area (Å²) >= 11 is 0. The van der Waals surface area contributed by atoms with E-state index in [-0.39, 0.29) is 5.97 Å². The molecule has 0 saturated carbocycles. The van der Waals surface area contributed by atoms with Gasteiger partial charge >= 0.3 is 5.97 Å². The molecule has 4 nitrogen and oxygen atoms in total. The fourth-order valence-electron chi connectivity index (χ4n) is 3.03. The van der Waals surface area contributed by atoms with Crippen LogP contribution in [0.5, 0.6) is 0 Å². The molecule has 0 aromatic heterocycles. The van der Waals surface area contributed by atoms with Gasteiger partial charge < -0.3 is 15.4 Å². The normalized spacial score (nSPS) is 16.7. The Hall–Kier alpha value is -1.55. The molecule has 116 valence electrons. The molecule has 1 aromatic carbocycles. The van der Waals surface area contributed by atoms with Gasteiger partial charge in [-0.1, -0.05) is 6.07 Å². The molecule has 1 fully saturated rings. The lowest BCUT2D eigenvalue weighted by Gasteiger charge is -2.31. The van der Waals surface area contributed by atoms with E-state index in [0.29, 0.717) is 6.42 Å². The third-order valence-electron chi connectivity index (χ3n) is 4.51. The van der Waals surface area contributed by atoms with Crippen LogP contribution in [-0.2, 0) is 16.0 Å². The smallest absolute Gasteiger partial charge is 0.322 e. The van der Waals surface area contributed by atoms with E-state index in [1.807, 2.05) is 0 Å². The number of hydrogen-bond donors (Lipinski definition) is 1. The lowest BCUT2D eigenvalue weighted by Crippen LogP contribution is -2.34. The number of anilines is 1. The first-order valence-corrected chi connectivity index (χ1v) is 7.72. The minimum absolute atomic E-state index is 0.354. The van der Waals surface area contributed by atoms with Crippen LogP contribution in [0.15, 0.2) is 12.1 Å². The zero-order valence-electron chi connectivity index (χ0n) is 13.3. The number of methoxy groups -OCH3 is 1. The van der Waals surface area contributed by atoms with Gasteiger partial charge in [-0.3, -0.25) is 4.79 Å². The van der Waals surface area contributed by atoms with Crippen LogP contribution in [0.4, 0.5) is 5.69 Å². The van der Waals surface area contributed by atoms with Crippen molar-refractivity contribution >= 4 is 11.7 Å². The van der Waals surface area contributed by atoms with Gasteiger partial charge in [-0.2, -0.15) is 0 Å². The van der Waals surface area contributed by atoms with Gasteiger partial charge in [0.15, 0.2) is 0 Å². The minimum atomic E-state index is -0.589. The predicted octanol–water partition coefficient (Wildman–Crippen LogP) is 2.34. The Bertz CT molecular complexity index is 508. The third-order valence-corrected chi connectivity index (χ3v) is 4.51. The largest absolute Gasteiger partial charge is 0.468 e. The first-order chi connectivity index (χ1) is 10.0. The highest BCUT2D eigenvalue weighted by atomic mass is 16.5. The number of rotatable bonds is 4. The van der Waals surface area contributed by atoms with Crippen molar-refractivity contribution in [1.29, 1.82) is 0 Å². The zero-order valence-corrected chi connectivity index (χ0v) is 13.3. The van der Waals surface area contributed by atoms with Gasteiger partial charge in [-0.25, -0.2) is 0 Å². The monoisotopic (exact) mass is 290 g/mol. The van der Waals surface area contributed by atoms with E-state index in [0.717, 1.165) is 18.7 Å². The van der Waals surface area contributed by atoms with Crippen LogP contribution in [-0.4, -0.2) is 32.2 Å². The van der Waals surface area contributed by atoms with E-state index in [1.54, 1.807) is 0 Å². The Morgan fingerprint density at radius 2 is 1.90 bits per heavy atom. The molecule has 1 atom stereocenters. The van der Waals surface area contributed by atoms with Crippen LogP contribution in [0.25, 0.3) is 0 Å². The van der Waals surface area contributed by atoms with Crippen molar-refractivity contribution in [3.8, 4) is 0 Å². The summed E-state index contributed by atoms with van der Waals surface area (Å²) in [4.78, 5) is 13.9. The highest BCUT2D eigenvalue weighted by Crippen LogP contribution is 2.28. The molecule has 1 heterocycles. The highest BCUT2D eigenvalue weighted by Gasteiger charge is 2.19. The average Bonchev–Trinajstić information content (AvgIpc) is 2.52. The molecule has 0 amide bonds. The van der Waals surface area contributed by atoms with Crippen molar-refractivity contribution in [2.24, 2.45) is 5.73 Å². The molecule has 1 aliphatic rings. The SMILES string of the molecule is COC(=O)C(N)Cc1ccc(N2CCCCC2)c(C)c1C. The summed E-state index contributed by atoms with van der Waals surface area (Å²) in [7, 11) is 1.37. The lowest BCUT2D eigenvalue weighted by molar-refractivity contribution is -0.142. The highest BCUT2D eigenvalue weighted by molar-refractivity contribution is 5.76. The minimum Gasteiger partial charge on any atom is -0.468 e. The number of benzene rings is 1. The number of nitrogens with zero attached hydrogens (tertiary/aromatic N) is 1. The summed E-state index contributed by atoms with van der Waals surface area (Å²) in [6, 6.07) is 3.69. The topological polar surface area (TPSA) is 55.6 Å². The van der Waals surface area contributed by atoms with Crippen LogP contribution in [0, 0.1) is 13.8 Å². The summed E-state index contributed by atoms with van der Waals surface area (Å²) < 4.78 is 4.70. The molecule has 0 aliphatic carbocycles. The van der Waals surface area contributed by atoms with E-state index >= 15 is 0 Å². The maximum absolute atomic E-state index is 11.5. The van der Waals surface area contributed by atoms with E-state index in [1.165, 1.54) is 43.2 Å². The second-order valence-corrected chi connectivity index (χ2v) is 5.88. The summed E-state index contributed by atoms with van der Waals surface area (Å²) in [5.74, 6) is -0.354. The number of hydrogen-bond acceptors (Lipinski definition) is 4. The second kappa shape index (κ2) is 6.94. The Kier molecular flexibility index (Phi) is 5.23. The molecule has 1 aromatic rings. The molecular formula is C17H26N2O2. The van der Waals surface area contributed by atoms with Crippen LogP contribution in [0.2, 0.25) is 0 Å². The van der Waals surface area contributed by atoms with Gasteiger partial charge in [0.1, 0.15) is 6.04 Å². The maximum atomic E-state index is 11.5. The molecule has 1 unspecified atom stereocenters. The molecule has 2 N–H and O–H groups in total. The molecule has 2 rings (SSSR count). The molecule has 21 heavy (non-hydrogen) atoms. The molecule has 1 saturated heterocycles. The quantitative estimate of drug-likeness (QED) is 0.865. The lowest BCUT2D eigenvalue weighted by atomic mass is 9.95. The Balaban J connectivity index is 2.18. The van der Waals surface area contributed by atoms with Crippen molar-refractivity contribution in [2.45, 2.75) is 45.6 Å². The predicted molar refractivity (Wildman–Crippen MR) is 85.7 cm³/mol. The summed E-state index contributed by atoms with van der Waals surface area (Å²) in [6.07, 6.45) is 4.40. The van der Waals surface area contributed by atoms with Crippen molar-refractivity contribution in [2.75, 3.05) is 25.1 Å². The molecule has 4 heteroatoms. The fourth-order valence-corrected chi connectivity index (χ4v) is 3.03. The van der Waals surface area contributed by atoms with Gasteiger partial charge in [-0.05, 0) is 62.3 Å². The molecule has 0 radical (unpaired) electrons. The average molecular weight is 290 g/mol. The number of esters is 1. The van der Waals surface area contributed by atoms with Gasteiger partial charge in [0.05, 0.1) is 7.11 Å². The molecule has 0 spiro atoms. The van der Waals surface area contributed by atoms with Crippen LogP contribution < -0.4 is 10.6 Å². The van der Waals surface area contributed by atoms with Gasteiger partial charge in [0.2, 0.25) is 0 Å². The molecule has 1 aliphatic heterocycles. The number of carbonyl (C=O) groups is 1. The van der Waals surface area contributed by atoms with Gasteiger partial charge in [-0.15, -0.1) is 0 Å². The summed E-state index contributed by atoms with van der Waals surface area (Å²) in [6.45, 7) is 6.55.